The Bertz CT molecular complexity index is 848. The maximum atomic E-state index is 12.7. The van der Waals surface area contributed by atoms with E-state index in [1.165, 1.54) is 21.3 Å². The predicted molar refractivity (Wildman–Crippen MR) is 102 cm³/mol. The third-order valence-electron chi connectivity index (χ3n) is 4.46. The number of carbonyl (C=O) groups is 2. The maximum Gasteiger partial charge on any atom is 0.259 e. The fourth-order valence-corrected chi connectivity index (χ4v) is 3.05. The molecule has 2 amide bonds. The van der Waals surface area contributed by atoms with Crippen LogP contribution in [0, 0.1) is 0 Å². The van der Waals surface area contributed by atoms with Crippen LogP contribution in [0.2, 0.25) is 0 Å². The van der Waals surface area contributed by atoms with Gasteiger partial charge in [0.05, 0.1) is 26.9 Å². The van der Waals surface area contributed by atoms with E-state index in [0.717, 1.165) is 18.7 Å². The molecule has 0 atom stereocenters. The zero-order valence-electron chi connectivity index (χ0n) is 15.6. The summed E-state index contributed by atoms with van der Waals surface area (Å²) in [7, 11) is 4.51. The number of benzene rings is 2. The van der Waals surface area contributed by atoms with Crippen LogP contribution in [0.4, 0.5) is 11.4 Å². The van der Waals surface area contributed by atoms with Crippen LogP contribution >= 0.6 is 0 Å². The fourth-order valence-electron chi connectivity index (χ4n) is 3.05. The molecular formula is C20H22N2O5. The van der Waals surface area contributed by atoms with E-state index in [4.69, 9.17) is 14.2 Å². The number of ether oxygens (including phenoxy) is 3. The number of methoxy groups -OCH3 is 3. The summed E-state index contributed by atoms with van der Waals surface area (Å²) in [5, 5.41) is 2.83. The van der Waals surface area contributed by atoms with E-state index in [2.05, 4.69) is 5.32 Å². The van der Waals surface area contributed by atoms with Gasteiger partial charge in [0.25, 0.3) is 5.91 Å². The molecule has 2 aromatic rings. The van der Waals surface area contributed by atoms with Gasteiger partial charge in [-0.3, -0.25) is 9.59 Å². The molecule has 7 heteroatoms. The highest BCUT2D eigenvalue weighted by molar-refractivity contribution is 6.07. The number of nitrogens with zero attached hydrogens (tertiary/aromatic N) is 1. The van der Waals surface area contributed by atoms with E-state index >= 15 is 0 Å². The molecule has 27 heavy (non-hydrogen) atoms. The van der Waals surface area contributed by atoms with E-state index in [1.807, 2.05) is 12.1 Å². The molecule has 3 rings (SSSR count). The van der Waals surface area contributed by atoms with E-state index in [9.17, 15) is 9.59 Å². The monoisotopic (exact) mass is 370 g/mol. The predicted octanol–water partition coefficient (Wildman–Crippen LogP) is 3.09. The van der Waals surface area contributed by atoms with Crippen molar-refractivity contribution < 1.29 is 23.8 Å². The van der Waals surface area contributed by atoms with Crippen molar-refractivity contribution in [1.29, 1.82) is 0 Å². The molecule has 0 spiro atoms. The van der Waals surface area contributed by atoms with Crippen LogP contribution in [-0.4, -0.2) is 39.7 Å². The smallest absolute Gasteiger partial charge is 0.259 e. The lowest BCUT2D eigenvalue weighted by molar-refractivity contribution is -0.117. The number of carbonyl (C=O) groups excluding carboxylic acids is 2. The van der Waals surface area contributed by atoms with Crippen molar-refractivity contribution in [2.45, 2.75) is 12.8 Å². The van der Waals surface area contributed by atoms with Gasteiger partial charge >= 0.3 is 0 Å². The normalized spacial score (nSPS) is 13.4. The minimum absolute atomic E-state index is 0.127. The molecule has 1 saturated heterocycles. The molecule has 2 aromatic carbocycles. The highest BCUT2D eigenvalue weighted by atomic mass is 16.5. The van der Waals surface area contributed by atoms with E-state index in [-0.39, 0.29) is 11.8 Å². The number of hydrogen-bond acceptors (Lipinski definition) is 5. The lowest BCUT2D eigenvalue weighted by Gasteiger charge is -2.16. The number of anilines is 2. The van der Waals surface area contributed by atoms with Gasteiger partial charge in [-0.05, 0) is 30.7 Å². The van der Waals surface area contributed by atoms with Crippen LogP contribution in [-0.2, 0) is 4.79 Å². The van der Waals surface area contributed by atoms with Crippen molar-refractivity contribution in [3.05, 3.63) is 42.0 Å². The molecule has 1 heterocycles. The average Bonchev–Trinajstić information content (AvgIpc) is 3.13. The van der Waals surface area contributed by atoms with E-state index in [0.29, 0.717) is 34.9 Å². The summed E-state index contributed by atoms with van der Waals surface area (Å²) in [5.41, 5.74) is 1.78. The van der Waals surface area contributed by atoms with Crippen LogP contribution in [0.5, 0.6) is 17.2 Å². The number of nitrogens with one attached hydrogen (secondary N) is 1. The van der Waals surface area contributed by atoms with Gasteiger partial charge in [-0.2, -0.15) is 0 Å². The molecule has 0 radical (unpaired) electrons. The standard InChI is InChI=1S/C20H22N2O5/c1-25-16-12-18(27-3)17(26-2)11-15(16)20(24)21-13-6-8-14(9-7-13)22-10-4-5-19(22)23/h6-9,11-12H,4-5,10H2,1-3H3,(H,21,24). The number of hydrogen-bond donors (Lipinski definition) is 1. The van der Waals surface area contributed by atoms with Crippen LogP contribution in [0.1, 0.15) is 23.2 Å². The highest BCUT2D eigenvalue weighted by Crippen LogP contribution is 2.35. The second-order valence-corrected chi connectivity index (χ2v) is 6.06. The SMILES string of the molecule is COc1cc(OC)c(C(=O)Nc2ccc(N3CCCC3=O)cc2)cc1OC. The first-order chi connectivity index (χ1) is 13.1. The molecule has 1 fully saturated rings. The van der Waals surface area contributed by atoms with Gasteiger partial charge in [0.1, 0.15) is 5.75 Å². The second-order valence-electron chi connectivity index (χ2n) is 6.06. The Hall–Kier alpha value is -3.22. The zero-order chi connectivity index (χ0) is 19.4. The van der Waals surface area contributed by atoms with Crippen molar-refractivity contribution >= 4 is 23.2 Å². The first-order valence-corrected chi connectivity index (χ1v) is 8.59. The molecule has 1 aliphatic rings. The quantitative estimate of drug-likeness (QED) is 0.846. The third-order valence-corrected chi connectivity index (χ3v) is 4.46. The zero-order valence-corrected chi connectivity index (χ0v) is 15.6. The Morgan fingerprint density at radius 3 is 2.15 bits per heavy atom. The van der Waals surface area contributed by atoms with Gasteiger partial charge in [0.15, 0.2) is 11.5 Å². The van der Waals surface area contributed by atoms with Gasteiger partial charge in [-0.15, -0.1) is 0 Å². The minimum Gasteiger partial charge on any atom is -0.496 e. The van der Waals surface area contributed by atoms with Gasteiger partial charge in [0, 0.05) is 36.5 Å². The van der Waals surface area contributed by atoms with Gasteiger partial charge in [-0.25, -0.2) is 0 Å². The molecule has 142 valence electrons. The van der Waals surface area contributed by atoms with Crippen LogP contribution in [0.15, 0.2) is 36.4 Å². The molecule has 0 aromatic heterocycles. The van der Waals surface area contributed by atoms with Gasteiger partial charge in [0.2, 0.25) is 5.91 Å². The summed E-state index contributed by atoms with van der Waals surface area (Å²) in [4.78, 5) is 26.3. The van der Waals surface area contributed by atoms with Crippen molar-refractivity contribution in [1.82, 2.24) is 0 Å². The van der Waals surface area contributed by atoms with Crippen molar-refractivity contribution in [2.24, 2.45) is 0 Å². The third kappa shape index (κ3) is 3.81. The Labute approximate surface area is 157 Å². The fraction of sp³-hybridized carbons (Fsp3) is 0.300. The molecular weight excluding hydrogens is 348 g/mol. The molecule has 1 aliphatic heterocycles. The highest BCUT2D eigenvalue weighted by Gasteiger charge is 2.22. The Kier molecular flexibility index (Phi) is 5.49. The van der Waals surface area contributed by atoms with E-state index in [1.54, 1.807) is 29.2 Å². The summed E-state index contributed by atoms with van der Waals surface area (Å²) in [6.07, 6.45) is 1.45. The Morgan fingerprint density at radius 2 is 1.59 bits per heavy atom. The second kappa shape index (κ2) is 7.99. The Balaban J connectivity index is 1.80. The maximum absolute atomic E-state index is 12.7. The number of rotatable bonds is 6. The van der Waals surface area contributed by atoms with Crippen molar-refractivity contribution in [3.8, 4) is 17.2 Å². The van der Waals surface area contributed by atoms with Crippen LogP contribution in [0.25, 0.3) is 0 Å². The lowest BCUT2D eigenvalue weighted by Crippen LogP contribution is -2.23. The molecule has 0 bridgehead atoms. The molecule has 0 aliphatic carbocycles. The lowest BCUT2D eigenvalue weighted by atomic mass is 10.1. The van der Waals surface area contributed by atoms with Gasteiger partial charge < -0.3 is 24.4 Å². The van der Waals surface area contributed by atoms with Crippen molar-refractivity contribution in [3.63, 3.8) is 0 Å². The van der Waals surface area contributed by atoms with Crippen molar-refractivity contribution in [2.75, 3.05) is 38.1 Å². The summed E-state index contributed by atoms with van der Waals surface area (Å²) in [6.45, 7) is 0.730. The number of amides is 2. The summed E-state index contributed by atoms with van der Waals surface area (Å²) >= 11 is 0. The molecule has 1 N–H and O–H groups in total. The summed E-state index contributed by atoms with van der Waals surface area (Å²) in [6, 6.07) is 10.4. The van der Waals surface area contributed by atoms with Crippen LogP contribution < -0.4 is 24.4 Å². The first kappa shape index (κ1) is 18.6. The van der Waals surface area contributed by atoms with Crippen LogP contribution in [0.3, 0.4) is 0 Å². The molecule has 0 saturated carbocycles. The average molecular weight is 370 g/mol. The summed E-state index contributed by atoms with van der Waals surface area (Å²) < 4.78 is 15.8. The molecule has 0 unspecified atom stereocenters. The van der Waals surface area contributed by atoms with Gasteiger partial charge in [-0.1, -0.05) is 0 Å². The first-order valence-electron chi connectivity index (χ1n) is 8.59. The van der Waals surface area contributed by atoms with E-state index < -0.39 is 0 Å². The Morgan fingerprint density at radius 1 is 0.963 bits per heavy atom. The summed E-state index contributed by atoms with van der Waals surface area (Å²) in [5.74, 6) is 1.08. The molecule has 7 nitrogen and oxygen atoms in total. The topological polar surface area (TPSA) is 77.1 Å². The largest absolute Gasteiger partial charge is 0.496 e. The minimum atomic E-state index is -0.335.